The highest BCUT2D eigenvalue weighted by molar-refractivity contribution is 5.11. The monoisotopic (exact) mass is 151 g/mol. The maximum absolute atomic E-state index is 11.0. The van der Waals surface area contributed by atoms with Crippen LogP contribution in [-0.2, 0) is 0 Å². The minimum Gasteiger partial charge on any atom is -0.326 e. The highest BCUT2D eigenvalue weighted by Crippen LogP contribution is 1.82. The molecular weight excluding hydrogens is 142 g/mol. The van der Waals surface area contributed by atoms with Crippen LogP contribution in [0, 0.1) is 13.8 Å². The van der Waals surface area contributed by atoms with Crippen LogP contribution in [0.1, 0.15) is 11.3 Å². The van der Waals surface area contributed by atoms with E-state index in [-0.39, 0.29) is 11.0 Å². The van der Waals surface area contributed by atoms with Crippen LogP contribution in [0.25, 0.3) is 0 Å². The average molecular weight is 151 g/mol. The van der Waals surface area contributed by atoms with E-state index in [0.29, 0.717) is 11.3 Å². The number of H-pyrrole nitrogens is 1. The van der Waals surface area contributed by atoms with E-state index in [1.165, 1.54) is 12.1 Å². The largest absolute Gasteiger partial charge is 0.326 e. The zero-order chi connectivity index (χ0) is 8.43. The van der Waals surface area contributed by atoms with E-state index < -0.39 is 0 Å². The van der Waals surface area contributed by atoms with E-state index in [9.17, 15) is 9.59 Å². The van der Waals surface area contributed by atoms with Crippen LogP contribution in [0.15, 0.2) is 21.7 Å². The van der Waals surface area contributed by atoms with Crippen molar-refractivity contribution in [1.29, 1.82) is 0 Å². The van der Waals surface area contributed by atoms with E-state index in [2.05, 4.69) is 4.98 Å². The first kappa shape index (κ1) is 7.72. The zero-order valence-electron chi connectivity index (χ0n) is 6.47. The van der Waals surface area contributed by atoms with Crippen LogP contribution in [-0.4, -0.2) is 4.98 Å². The highest BCUT2D eigenvalue weighted by atomic mass is 16.1. The molecule has 0 radical (unpaired) electrons. The predicted octanol–water partition coefficient (Wildman–Crippen LogP) is 0.352. The van der Waals surface area contributed by atoms with Gasteiger partial charge in [-0.25, -0.2) is 0 Å². The highest BCUT2D eigenvalue weighted by Gasteiger charge is 1.91. The molecule has 0 bridgehead atoms. The Bertz CT molecular complexity index is 379. The third-order valence-electron chi connectivity index (χ3n) is 1.40. The fourth-order valence-electron chi connectivity index (χ4n) is 0.845. The second kappa shape index (κ2) is 2.70. The van der Waals surface area contributed by atoms with Gasteiger partial charge in [-0.2, -0.15) is 0 Å². The van der Waals surface area contributed by atoms with Crippen molar-refractivity contribution < 1.29 is 0 Å². The first-order valence-corrected chi connectivity index (χ1v) is 3.31. The Balaban J connectivity index is 3.67. The van der Waals surface area contributed by atoms with Crippen molar-refractivity contribution in [2.24, 2.45) is 0 Å². The normalized spacial score (nSPS) is 9.64. The van der Waals surface area contributed by atoms with E-state index in [0.717, 1.165) is 0 Å². The summed E-state index contributed by atoms with van der Waals surface area (Å²) in [4.78, 5) is 24.4. The molecule has 0 fully saturated rings. The summed E-state index contributed by atoms with van der Waals surface area (Å²) in [5, 5.41) is 0. The van der Waals surface area contributed by atoms with Crippen LogP contribution in [0.3, 0.4) is 0 Å². The van der Waals surface area contributed by atoms with E-state index in [4.69, 9.17) is 0 Å². The fraction of sp³-hybridized carbons (Fsp3) is 0.250. The Morgan fingerprint density at radius 1 is 1.18 bits per heavy atom. The third-order valence-corrected chi connectivity index (χ3v) is 1.40. The summed E-state index contributed by atoms with van der Waals surface area (Å²) in [7, 11) is 0. The summed E-state index contributed by atoms with van der Waals surface area (Å²) in [6.07, 6.45) is 0. The molecule has 1 aromatic rings. The van der Waals surface area contributed by atoms with Crippen molar-refractivity contribution in [2.75, 3.05) is 0 Å². The summed E-state index contributed by atoms with van der Waals surface area (Å²) in [6.45, 7) is 3.30. The van der Waals surface area contributed by atoms with Crippen molar-refractivity contribution in [2.45, 2.75) is 13.8 Å². The van der Waals surface area contributed by atoms with Crippen molar-refractivity contribution in [1.82, 2.24) is 4.98 Å². The predicted molar refractivity (Wildman–Crippen MR) is 42.8 cm³/mol. The molecule has 3 nitrogen and oxygen atoms in total. The summed E-state index contributed by atoms with van der Waals surface area (Å²) < 4.78 is 0. The van der Waals surface area contributed by atoms with E-state index in [1.807, 2.05) is 0 Å². The Labute approximate surface area is 63.7 Å². The maximum atomic E-state index is 11.0. The molecule has 0 aliphatic rings. The molecule has 0 saturated heterocycles. The Kier molecular flexibility index (Phi) is 1.89. The molecule has 0 amide bonds. The minimum atomic E-state index is -0.234. The van der Waals surface area contributed by atoms with Crippen molar-refractivity contribution >= 4 is 0 Å². The Morgan fingerprint density at radius 3 is 2.45 bits per heavy atom. The lowest BCUT2D eigenvalue weighted by Crippen LogP contribution is -2.02. The lowest BCUT2D eigenvalue weighted by Gasteiger charge is -1.77. The van der Waals surface area contributed by atoms with Gasteiger partial charge in [-0.3, -0.25) is 9.59 Å². The number of hydrogen-bond acceptors (Lipinski definition) is 2. The van der Waals surface area contributed by atoms with Gasteiger partial charge in [0.1, 0.15) is 0 Å². The van der Waals surface area contributed by atoms with Crippen LogP contribution >= 0.6 is 0 Å². The van der Waals surface area contributed by atoms with Gasteiger partial charge < -0.3 is 4.98 Å². The van der Waals surface area contributed by atoms with Gasteiger partial charge in [-0.1, -0.05) is 0 Å². The van der Waals surface area contributed by atoms with E-state index >= 15 is 0 Å². The molecule has 58 valence electrons. The second-order valence-electron chi connectivity index (χ2n) is 2.51. The van der Waals surface area contributed by atoms with Crippen LogP contribution in [0.4, 0.5) is 0 Å². The topological polar surface area (TPSA) is 49.9 Å². The number of nitrogens with one attached hydrogen (secondary N) is 1. The average Bonchev–Trinajstić information content (AvgIpc) is 1.93. The SMILES string of the molecule is Cc1cc(=O)c(C)cc(=O)[nH]1. The molecule has 1 aromatic heterocycles. The Hall–Kier alpha value is -1.38. The molecule has 0 aliphatic carbocycles. The zero-order valence-corrected chi connectivity index (χ0v) is 6.47. The quantitative estimate of drug-likeness (QED) is 0.581. The number of aryl methyl sites for hydroxylation is 2. The third kappa shape index (κ3) is 1.77. The molecule has 0 aromatic carbocycles. The molecule has 1 rings (SSSR count). The van der Waals surface area contributed by atoms with Gasteiger partial charge in [0.25, 0.3) is 0 Å². The first-order valence-electron chi connectivity index (χ1n) is 3.31. The Morgan fingerprint density at radius 2 is 1.82 bits per heavy atom. The minimum absolute atomic E-state index is 0.110. The first-order chi connectivity index (χ1) is 5.09. The summed E-state index contributed by atoms with van der Waals surface area (Å²) >= 11 is 0. The molecule has 11 heavy (non-hydrogen) atoms. The van der Waals surface area contributed by atoms with Crippen molar-refractivity contribution in [3.8, 4) is 0 Å². The molecule has 0 unspecified atom stereocenters. The lowest BCUT2D eigenvalue weighted by molar-refractivity contribution is 1.17. The maximum Gasteiger partial charge on any atom is 0.248 e. The molecule has 0 atom stereocenters. The number of rotatable bonds is 0. The summed E-state index contributed by atoms with van der Waals surface area (Å²) in [5.74, 6) is 0. The van der Waals surface area contributed by atoms with Gasteiger partial charge in [0.2, 0.25) is 5.56 Å². The van der Waals surface area contributed by atoms with Gasteiger partial charge in [0.15, 0.2) is 5.43 Å². The number of hydrogen-bond donors (Lipinski definition) is 1. The fourth-order valence-corrected chi connectivity index (χ4v) is 0.845. The van der Waals surface area contributed by atoms with Crippen LogP contribution in [0.2, 0.25) is 0 Å². The molecule has 1 N–H and O–H groups in total. The molecule has 3 heteroatoms. The van der Waals surface area contributed by atoms with Crippen LogP contribution in [0.5, 0.6) is 0 Å². The van der Waals surface area contributed by atoms with Gasteiger partial charge in [-0.05, 0) is 13.8 Å². The number of aromatic amines is 1. The van der Waals surface area contributed by atoms with Crippen LogP contribution < -0.4 is 11.0 Å². The van der Waals surface area contributed by atoms with E-state index in [1.54, 1.807) is 13.8 Å². The van der Waals surface area contributed by atoms with Gasteiger partial charge in [0, 0.05) is 23.4 Å². The number of aromatic nitrogens is 1. The summed E-state index contributed by atoms with van der Waals surface area (Å²) in [6, 6.07) is 2.71. The lowest BCUT2D eigenvalue weighted by atomic mass is 10.3. The molecule has 1 heterocycles. The molecular formula is C8H9NO2. The second-order valence-corrected chi connectivity index (χ2v) is 2.51. The van der Waals surface area contributed by atoms with Gasteiger partial charge >= 0.3 is 0 Å². The van der Waals surface area contributed by atoms with Gasteiger partial charge in [-0.15, -0.1) is 0 Å². The van der Waals surface area contributed by atoms with Crippen molar-refractivity contribution in [3.05, 3.63) is 44.0 Å². The summed E-state index contributed by atoms with van der Waals surface area (Å²) in [5.41, 5.74) is 0.718. The van der Waals surface area contributed by atoms with Gasteiger partial charge in [0.05, 0.1) is 0 Å². The molecule has 0 spiro atoms. The smallest absolute Gasteiger partial charge is 0.248 e. The molecule has 0 saturated carbocycles. The molecule has 0 aliphatic heterocycles. The van der Waals surface area contributed by atoms with Crippen molar-refractivity contribution in [3.63, 3.8) is 0 Å². The standard InChI is InChI=1S/C8H9NO2/c1-5-3-8(11)9-6(2)4-7(5)10/h3-4H,1-2H3,(H,9,11).